The lowest BCUT2D eigenvalue weighted by Gasteiger charge is -2.23. The van der Waals surface area contributed by atoms with Gasteiger partial charge in [0.1, 0.15) is 94.8 Å². The van der Waals surface area contributed by atoms with E-state index in [-0.39, 0.29) is 98.8 Å². The molecule has 0 spiro atoms. The number of amides is 5. The van der Waals surface area contributed by atoms with E-state index < -0.39 is 79.2 Å². The number of nitrogens with one attached hydrogen (secondary N) is 3. The molecule has 6 atom stereocenters. The van der Waals surface area contributed by atoms with Crippen LogP contribution in [0.1, 0.15) is 83.3 Å². The number of halogens is 4. The second-order valence-electron chi connectivity index (χ2n) is 21.8. The monoisotopic (exact) mass is 1420 g/mol. The van der Waals surface area contributed by atoms with Gasteiger partial charge in [-0.25, -0.2) is 56.7 Å². The third kappa shape index (κ3) is 16.6. The van der Waals surface area contributed by atoms with Crippen LogP contribution in [0.2, 0.25) is 0 Å². The molecule has 2 aliphatic heterocycles. The Morgan fingerprint density at radius 1 is 0.637 bits per heavy atom. The highest BCUT2D eigenvalue weighted by Crippen LogP contribution is 2.31. The van der Waals surface area contributed by atoms with E-state index in [1.165, 1.54) is 70.3 Å². The van der Waals surface area contributed by atoms with Gasteiger partial charge in [-0.05, 0) is 112 Å². The molecule has 6 aromatic heterocycles. The maximum Gasteiger partial charge on any atom is 0.442 e. The van der Waals surface area contributed by atoms with Crippen molar-refractivity contribution < 1.29 is 55.5 Å². The molecule has 0 saturated carbocycles. The van der Waals surface area contributed by atoms with E-state index in [0.717, 1.165) is 0 Å². The number of carbonyl (C=O) groups excluding carboxylic acids is 7. The van der Waals surface area contributed by atoms with Crippen molar-refractivity contribution in [1.29, 1.82) is 4.78 Å². The van der Waals surface area contributed by atoms with E-state index in [4.69, 9.17) is 9.52 Å². The van der Waals surface area contributed by atoms with E-state index in [1.807, 2.05) is 0 Å². The zero-order chi connectivity index (χ0) is 64.4. The number of benzene rings is 2. The number of alkyl halides is 2. The minimum Gasteiger partial charge on any atom is -0.442 e. The number of carbonyl (C=O) groups is 7. The summed E-state index contributed by atoms with van der Waals surface area (Å²) < 4.78 is 74.1. The van der Waals surface area contributed by atoms with Crippen LogP contribution in [-0.4, -0.2) is 165 Å². The van der Waals surface area contributed by atoms with Crippen molar-refractivity contribution in [2.45, 2.75) is 116 Å². The highest BCUT2D eigenvalue weighted by Gasteiger charge is 2.42. The quantitative estimate of drug-likeness (QED) is 0.0518. The Hall–Kier alpha value is -8.75. The molecule has 0 radical (unpaired) electrons. The van der Waals surface area contributed by atoms with Crippen LogP contribution in [0.25, 0.3) is 44.1 Å². The number of aromatic nitrogens is 10. The predicted molar refractivity (Wildman–Crippen MR) is 342 cm³/mol. The Morgan fingerprint density at radius 3 is 1.40 bits per heavy atom. The summed E-state index contributed by atoms with van der Waals surface area (Å²) in [6, 6.07) is 18.0. The topological polar surface area (TPSA) is 343 Å². The van der Waals surface area contributed by atoms with Gasteiger partial charge < -0.3 is 25.2 Å². The lowest BCUT2D eigenvalue weighted by atomic mass is 10.0. The van der Waals surface area contributed by atoms with Crippen molar-refractivity contribution in [3.8, 4) is 22.3 Å². The van der Waals surface area contributed by atoms with Crippen LogP contribution in [0.3, 0.4) is 0 Å². The molecule has 5 amide bonds. The van der Waals surface area contributed by atoms with E-state index in [9.17, 15) is 50.8 Å². The first-order chi connectivity index (χ1) is 41.9. The van der Waals surface area contributed by atoms with Gasteiger partial charge in [-0.1, -0.05) is 39.1 Å². The minimum atomic E-state index is -3.30. The highest BCUT2D eigenvalue weighted by molar-refractivity contribution is 9.10. The number of likely N-dealkylation sites (tertiary alicyclic amines) is 2. The Morgan fingerprint density at radius 2 is 1.03 bits per heavy atom. The van der Waals surface area contributed by atoms with E-state index in [2.05, 4.69) is 87.0 Å². The highest BCUT2D eigenvalue weighted by atomic mass is 79.9. The predicted octanol–water partition coefficient (Wildman–Crippen LogP) is 9.56. The van der Waals surface area contributed by atoms with Crippen molar-refractivity contribution >= 4 is 126 Å². The number of ether oxygens (including phenoxy) is 1. The Labute approximate surface area is 539 Å². The van der Waals surface area contributed by atoms with Crippen LogP contribution < -0.4 is 10.6 Å². The van der Waals surface area contributed by atoms with Crippen LogP contribution in [-0.2, 0) is 56.5 Å². The van der Waals surface area contributed by atoms with E-state index in [1.54, 1.807) is 93.6 Å². The van der Waals surface area contributed by atoms with Crippen molar-refractivity contribution in [3.63, 3.8) is 0 Å². The molecule has 2 aromatic carbocycles. The first kappa shape index (κ1) is 69.7. The molecule has 2 unspecified atom stereocenters. The van der Waals surface area contributed by atoms with Crippen LogP contribution >= 0.6 is 31.9 Å². The fourth-order valence-electron chi connectivity index (χ4n) is 9.70. The minimum absolute atomic E-state index is 0. The zero-order valence-corrected chi connectivity index (χ0v) is 53.3. The zero-order valence-electron chi connectivity index (χ0n) is 48.5. The summed E-state index contributed by atoms with van der Waals surface area (Å²) in [5, 5.41) is 14.7. The molecular formula is C59H64Br2F2N16O10S2. The van der Waals surface area contributed by atoms with Crippen molar-refractivity contribution in [3.05, 3.63) is 118 Å². The molecule has 26 nitrogen and oxygen atoms in total. The third-order valence-corrected chi connectivity index (χ3v) is 16.8. The number of fused-ring (bicyclic) bond motifs is 2. The number of hydrogen-bond donors (Lipinski definition) is 3. The van der Waals surface area contributed by atoms with Gasteiger partial charge in [0, 0.05) is 85.9 Å². The number of ketones is 2. The fourth-order valence-corrected chi connectivity index (χ4v) is 11.8. The Balaban J connectivity index is 0.000000256. The van der Waals surface area contributed by atoms with Gasteiger partial charge in [-0.3, -0.25) is 38.1 Å². The maximum atomic E-state index is 14.5. The van der Waals surface area contributed by atoms with Crippen molar-refractivity contribution in [2.24, 2.45) is 4.36 Å². The van der Waals surface area contributed by atoms with Gasteiger partial charge in [0.2, 0.25) is 33.9 Å². The number of anilines is 2. The van der Waals surface area contributed by atoms with Gasteiger partial charge in [0.25, 0.3) is 0 Å². The smallest absolute Gasteiger partial charge is 0.442 e. The van der Waals surface area contributed by atoms with Crippen molar-refractivity contribution in [2.75, 3.05) is 36.2 Å². The fraction of sp³-hybridized carbons (Fsp3) is 0.339. The summed E-state index contributed by atoms with van der Waals surface area (Å²) in [5.41, 5.74) is 2.67. The average Bonchev–Trinajstić information content (AvgIpc) is 1.68. The molecule has 0 bridgehead atoms. The van der Waals surface area contributed by atoms with Crippen LogP contribution in [0.4, 0.5) is 25.2 Å². The summed E-state index contributed by atoms with van der Waals surface area (Å²) in [7, 11) is -6.37. The molecule has 0 aliphatic carbocycles. The summed E-state index contributed by atoms with van der Waals surface area (Å²) in [4.78, 5) is 117. The summed E-state index contributed by atoms with van der Waals surface area (Å²) >= 11 is 6.47. The van der Waals surface area contributed by atoms with Crippen molar-refractivity contribution in [1.82, 2.24) is 59.3 Å². The van der Waals surface area contributed by atoms with E-state index >= 15 is 0 Å². The molecule has 91 heavy (non-hydrogen) atoms. The second-order valence-corrected chi connectivity index (χ2v) is 27.6. The number of rotatable bonds is 14. The average molecular weight is 1420 g/mol. The van der Waals surface area contributed by atoms with Gasteiger partial charge >= 0.3 is 6.09 Å². The maximum absolute atomic E-state index is 14.5. The summed E-state index contributed by atoms with van der Waals surface area (Å²) in [6.07, 6.45) is 4.08. The molecule has 10 rings (SSSR count). The van der Waals surface area contributed by atoms with Gasteiger partial charge in [0.15, 0.2) is 11.6 Å². The second kappa shape index (κ2) is 28.2. The Kier molecular flexibility index (Phi) is 21.6. The van der Waals surface area contributed by atoms with Crippen LogP contribution in [0, 0.1) is 4.78 Å². The van der Waals surface area contributed by atoms with E-state index in [0.29, 0.717) is 53.3 Å². The number of pyridine rings is 2. The molecular weight excluding hydrogens is 1350 g/mol. The molecule has 2 fully saturated rings. The molecule has 8 heterocycles. The molecule has 3 N–H and O–H groups in total. The Bertz CT molecular complexity index is 4410. The summed E-state index contributed by atoms with van der Waals surface area (Å²) in [5.74, 6) is -2.36. The molecule has 480 valence electrons. The number of Topliss-reactive ketones (excluding diaryl/α,β-unsaturated/α-hetero) is 2. The SMILES string of the molecule is C.C.CC(=O)c1nn(CC(=O)N2C[C@H](F)C[C@H]2C(=O)Nc2cccc(Br)n2)c2ccc(-c3cnc(S(C)(=N)=O)nc3)cc12.CC(=O)c1nn(CC(=O)N2C[C@H](F)C[C@H]2C(=O)Nc2cccc(Br)n2)c2ccc(-c3cnc(S(C)(=O)=NC(=O)OC(C)(C)C)nc3)cc12. The van der Waals surface area contributed by atoms with Crippen LogP contribution in [0.5, 0.6) is 0 Å². The van der Waals surface area contributed by atoms with Crippen LogP contribution in [0.15, 0.2) is 121 Å². The number of nitrogens with zero attached hydrogens (tertiary/aromatic N) is 13. The molecule has 8 aromatic rings. The normalized spacial score (nSPS) is 17.5. The van der Waals surface area contributed by atoms with Gasteiger partial charge in [-0.15, -0.1) is 4.36 Å². The van der Waals surface area contributed by atoms with Gasteiger partial charge in [0.05, 0.1) is 24.1 Å². The first-order valence-electron chi connectivity index (χ1n) is 27.0. The summed E-state index contributed by atoms with van der Waals surface area (Å²) in [6.45, 7) is 6.50. The third-order valence-electron chi connectivity index (χ3n) is 13.7. The largest absolute Gasteiger partial charge is 0.442 e. The number of hydrogen-bond acceptors (Lipinski definition) is 19. The van der Waals surface area contributed by atoms with Gasteiger partial charge in [-0.2, -0.15) is 10.2 Å². The first-order valence-corrected chi connectivity index (χ1v) is 32.5. The molecule has 2 saturated heterocycles. The lowest BCUT2D eigenvalue weighted by molar-refractivity contribution is -0.137. The molecule has 2 aliphatic rings. The molecule has 32 heteroatoms. The lowest BCUT2D eigenvalue weighted by Crippen LogP contribution is -2.44. The standard InChI is InChI=1S/C31H32BrFN8O6S.C26H24BrFN8O4S.2CH4/c1-17(42)27-21-11-18(19-13-34-29(35-14-19)48(5,46)39-30(45)47-31(2,3)4)9-10-22(21)41(38-27)16-26(43)40-15-20(33)12-23(40)28(44)37-25-8-6-7-24(32)36-25;1-14(37)24-18-8-15(16-10-30-26(31-11-16)41(2,29)40)6-7-19(18)36(34-24)13-23(38)35-12-17(28)9-20(35)25(39)33-22-5-3-4-21(27)32-22;;/h6-11,13-14,20,23H,12,15-16H2,1-5H3,(H,36,37,44);3-8,10-11,17,20,29H,9,12-13H2,1-2H3,(H,32,33,39);2*1H4/t20-,23+,48?;17-,20+,41?;;/m11../s1.